The van der Waals surface area contributed by atoms with Crippen LogP contribution >= 0.6 is 7.14 Å². The fourth-order valence-corrected chi connectivity index (χ4v) is 6.23. The molecule has 0 saturated heterocycles. The van der Waals surface area contributed by atoms with E-state index in [1.165, 1.54) is 0 Å². The van der Waals surface area contributed by atoms with Crippen LogP contribution in [-0.2, 0) is 25.4 Å². The van der Waals surface area contributed by atoms with Crippen LogP contribution in [0.2, 0.25) is 0 Å². The lowest BCUT2D eigenvalue weighted by Crippen LogP contribution is -2.23. The van der Waals surface area contributed by atoms with Gasteiger partial charge in [0.05, 0.1) is 6.61 Å². The Bertz CT molecular complexity index is 1100. The molecule has 0 atom stereocenters. The molecule has 3 aromatic rings. The van der Waals surface area contributed by atoms with Crippen molar-refractivity contribution < 1.29 is 23.6 Å². The van der Waals surface area contributed by atoms with Gasteiger partial charge in [-0.2, -0.15) is 0 Å². The van der Waals surface area contributed by atoms with Gasteiger partial charge in [-0.25, -0.2) is 4.79 Å². The highest BCUT2D eigenvalue weighted by atomic mass is 31.2. The second-order valence-electron chi connectivity index (χ2n) is 7.32. The van der Waals surface area contributed by atoms with Crippen LogP contribution in [0.5, 0.6) is 0 Å². The molecule has 0 aliphatic carbocycles. The third-order valence-electron chi connectivity index (χ3n) is 5.05. The lowest BCUT2D eigenvalue weighted by Gasteiger charge is -2.21. The number of aryl methyl sites for hydroxylation is 2. The predicted molar refractivity (Wildman–Crippen MR) is 126 cm³/mol. The largest absolute Gasteiger partial charge is 0.435 e. The Morgan fingerprint density at radius 3 is 1.88 bits per heavy atom. The molecular weight excluding hydrogens is 423 g/mol. The summed E-state index contributed by atoms with van der Waals surface area (Å²) in [6.07, 6.45) is 1.07. The highest BCUT2D eigenvalue weighted by Crippen LogP contribution is 2.47. The summed E-state index contributed by atoms with van der Waals surface area (Å²) in [5.41, 5.74) is 2.30. The van der Waals surface area contributed by atoms with Gasteiger partial charge in [-0.15, -0.1) is 0 Å². The molecule has 0 radical (unpaired) electrons. The molecule has 0 saturated carbocycles. The molecule has 6 heteroatoms. The van der Waals surface area contributed by atoms with E-state index in [1.807, 2.05) is 38.1 Å². The van der Waals surface area contributed by atoms with Crippen LogP contribution in [0.4, 0.5) is 0 Å². The smallest absolute Gasteiger partial charge is 0.332 e. The summed E-state index contributed by atoms with van der Waals surface area (Å²) in [5.74, 6) is -0.559. The summed E-state index contributed by atoms with van der Waals surface area (Å²) >= 11 is 0. The molecule has 0 aliphatic rings. The zero-order valence-electron chi connectivity index (χ0n) is 18.1. The number of hydrogen-bond donors (Lipinski definition) is 0. The van der Waals surface area contributed by atoms with E-state index in [2.05, 4.69) is 6.58 Å². The molecule has 0 aromatic heterocycles. The average molecular weight is 448 g/mol. The monoisotopic (exact) mass is 448 g/mol. The maximum Gasteiger partial charge on any atom is 0.332 e. The van der Waals surface area contributed by atoms with Crippen LogP contribution in [0.1, 0.15) is 27.0 Å². The van der Waals surface area contributed by atoms with Gasteiger partial charge in [0, 0.05) is 22.2 Å². The first-order valence-electron chi connectivity index (χ1n) is 10.1. The van der Waals surface area contributed by atoms with Gasteiger partial charge in [0.2, 0.25) is 12.7 Å². The fourth-order valence-electron chi connectivity index (χ4n) is 3.61. The molecule has 3 aromatic carbocycles. The van der Waals surface area contributed by atoms with Gasteiger partial charge in [0.25, 0.3) is 0 Å². The van der Waals surface area contributed by atoms with Crippen molar-refractivity contribution in [2.75, 3.05) is 6.79 Å². The number of benzene rings is 3. The molecular formula is C26H25O5P. The molecule has 0 heterocycles. The van der Waals surface area contributed by atoms with E-state index in [9.17, 15) is 14.2 Å². The Balaban J connectivity index is 1.95. The van der Waals surface area contributed by atoms with Crippen molar-refractivity contribution in [1.29, 1.82) is 0 Å². The number of ether oxygens (including phenoxy) is 2. The molecule has 0 fully saturated rings. The van der Waals surface area contributed by atoms with E-state index in [0.29, 0.717) is 27.3 Å². The van der Waals surface area contributed by atoms with Crippen molar-refractivity contribution >= 4 is 29.2 Å². The number of hydrogen-bond acceptors (Lipinski definition) is 5. The SMILES string of the molecule is C=CC(=O)OCOCc1cc(C)c(C(=O)P(=O)(c2ccccc2)c2ccccc2)c(C)c1. The number of carbonyl (C=O) groups excluding carboxylic acids is 2. The van der Waals surface area contributed by atoms with Crippen molar-refractivity contribution in [2.45, 2.75) is 20.5 Å². The van der Waals surface area contributed by atoms with Gasteiger partial charge < -0.3 is 14.0 Å². The summed E-state index contributed by atoms with van der Waals surface area (Å²) in [5, 5.41) is 1.01. The van der Waals surface area contributed by atoms with Gasteiger partial charge in [0.1, 0.15) is 0 Å². The third-order valence-corrected chi connectivity index (χ3v) is 7.90. The average Bonchev–Trinajstić information content (AvgIpc) is 2.81. The van der Waals surface area contributed by atoms with Gasteiger partial charge in [0.15, 0.2) is 6.79 Å². The summed E-state index contributed by atoms with van der Waals surface area (Å²) in [6, 6.07) is 21.4. The van der Waals surface area contributed by atoms with E-state index in [-0.39, 0.29) is 13.4 Å². The second-order valence-corrected chi connectivity index (χ2v) is 9.98. The number of rotatable bonds is 9. The molecule has 0 unspecified atom stereocenters. The normalized spacial score (nSPS) is 11.1. The molecule has 0 N–H and O–H groups in total. The zero-order chi connectivity index (χ0) is 23.1. The number of carbonyl (C=O) groups is 2. The Hall–Kier alpha value is -3.27. The highest BCUT2D eigenvalue weighted by Gasteiger charge is 2.37. The first kappa shape index (κ1) is 23.4. The van der Waals surface area contributed by atoms with E-state index in [0.717, 1.165) is 11.6 Å². The quantitative estimate of drug-likeness (QED) is 0.157. The molecule has 32 heavy (non-hydrogen) atoms. The van der Waals surface area contributed by atoms with Crippen LogP contribution in [0.3, 0.4) is 0 Å². The van der Waals surface area contributed by atoms with Gasteiger partial charge in [-0.1, -0.05) is 79.4 Å². The Kier molecular flexibility index (Phi) is 7.57. The molecule has 0 bridgehead atoms. The lowest BCUT2D eigenvalue weighted by molar-refractivity contribution is -0.151. The van der Waals surface area contributed by atoms with E-state index in [1.54, 1.807) is 48.5 Å². The van der Waals surface area contributed by atoms with E-state index in [4.69, 9.17) is 9.47 Å². The zero-order valence-corrected chi connectivity index (χ0v) is 19.0. The second kappa shape index (κ2) is 10.4. The first-order valence-corrected chi connectivity index (χ1v) is 11.8. The maximum atomic E-state index is 14.4. The summed E-state index contributed by atoms with van der Waals surface area (Å²) in [7, 11) is -3.58. The third kappa shape index (κ3) is 4.96. The van der Waals surface area contributed by atoms with E-state index < -0.39 is 18.6 Å². The van der Waals surface area contributed by atoms with Crippen molar-refractivity contribution in [2.24, 2.45) is 0 Å². The lowest BCUT2D eigenvalue weighted by atomic mass is 10.0. The fraction of sp³-hybridized carbons (Fsp3) is 0.154. The molecule has 0 aliphatic heterocycles. The summed E-state index contributed by atoms with van der Waals surface area (Å²) in [4.78, 5) is 24.9. The molecule has 3 rings (SSSR count). The van der Waals surface area contributed by atoms with Crippen LogP contribution < -0.4 is 10.6 Å². The van der Waals surface area contributed by atoms with Crippen LogP contribution in [0.15, 0.2) is 85.5 Å². The van der Waals surface area contributed by atoms with Crippen LogP contribution in [-0.4, -0.2) is 18.3 Å². The molecule has 164 valence electrons. The standard InChI is InChI=1S/C26H25O5P/c1-4-24(27)31-18-30-17-21-15-19(2)25(20(3)16-21)26(28)32(29,22-11-7-5-8-12-22)23-13-9-6-10-14-23/h4-16H,1,17-18H2,2-3H3. The predicted octanol–water partition coefficient (Wildman–Crippen LogP) is 4.66. The van der Waals surface area contributed by atoms with Crippen molar-refractivity contribution in [1.82, 2.24) is 0 Å². The van der Waals surface area contributed by atoms with Crippen LogP contribution in [0, 0.1) is 13.8 Å². The van der Waals surface area contributed by atoms with Crippen LogP contribution in [0.25, 0.3) is 0 Å². The minimum atomic E-state index is -3.58. The van der Waals surface area contributed by atoms with Crippen molar-refractivity contribution in [3.05, 3.63) is 108 Å². The Morgan fingerprint density at radius 1 is 0.906 bits per heavy atom. The minimum Gasteiger partial charge on any atom is -0.435 e. The molecule has 0 amide bonds. The first-order chi connectivity index (χ1) is 15.4. The maximum absolute atomic E-state index is 14.4. The molecule has 5 nitrogen and oxygen atoms in total. The Morgan fingerprint density at radius 2 is 1.41 bits per heavy atom. The topological polar surface area (TPSA) is 69.7 Å². The van der Waals surface area contributed by atoms with Gasteiger partial charge in [-0.3, -0.25) is 4.79 Å². The highest BCUT2D eigenvalue weighted by molar-refractivity contribution is 7.93. The summed E-state index contributed by atoms with van der Waals surface area (Å²) < 4.78 is 24.6. The van der Waals surface area contributed by atoms with Gasteiger partial charge in [-0.05, 0) is 30.5 Å². The molecule has 0 spiro atoms. The summed E-state index contributed by atoms with van der Waals surface area (Å²) in [6.45, 7) is 6.98. The van der Waals surface area contributed by atoms with Crippen molar-refractivity contribution in [3.63, 3.8) is 0 Å². The number of esters is 1. The van der Waals surface area contributed by atoms with Gasteiger partial charge >= 0.3 is 5.97 Å². The van der Waals surface area contributed by atoms with E-state index >= 15 is 0 Å². The van der Waals surface area contributed by atoms with Crippen molar-refractivity contribution in [3.8, 4) is 0 Å². The Labute approximate surface area is 188 Å². The minimum absolute atomic E-state index is 0.194.